The quantitative estimate of drug-likeness (QED) is 0.0516. The molecule has 0 spiro atoms. The largest absolute Gasteiger partial charge is 0.466 e. The molecular formula is C41H82O2. The zero-order valence-corrected chi connectivity index (χ0v) is 30.2. The molecule has 0 aromatic heterocycles. The zero-order chi connectivity index (χ0) is 31.2. The first-order valence-corrected chi connectivity index (χ1v) is 20.5. The van der Waals surface area contributed by atoms with Crippen molar-refractivity contribution in [3.05, 3.63) is 0 Å². The summed E-state index contributed by atoms with van der Waals surface area (Å²) in [6.45, 7) is 5.22. The van der Waals surface area contributed by atoms with E-state index >= 15 is 0 Å². The molecule has 0 unspecified atom stereocenters. The van der Waals surface area contributed by atoms with Crippen molar-refractivity contribution in [1.82, 2.24) is 0 Å². The van der Waals surface area contributed by atoms with Gasteiger partial charge in [0.1, 0.15) is 0 Å². The molecule has 0 fully saturated rings. The van der Waals surface area contributed by atoms with E-state index in [1.165, 1.54) is 218 Å². The minimum Gasteiger partial charge on any atom is -0.466 e. The van der Waals surface area contributed by atoms with Crippen molar-refractivity contribution in [2.75, 3.05) is 6.61 Å². The van der Waals surface area contributed by atoms with Crippen molar-refractivity contribution in [1.29, 1.82) is 0 Å². The topological polar surface area (TPSA) is 26.3 Å². The van der Waals surface area contributed by atoms with E-state index in [4.69, 9.17) is 4.74 Å². The maximum Gasteiger partial charge on any atom is 0.305 e. The second kappa shape index (κ2) is 39.5. The summed E-state index contributed by atoms with van der Waals surface area (Å²) in [4.78, 5) is 11.9. The molecule has 0 aliphatic heterocycles. The number of ether oxygens (including phenoxy) is 1. The summed E-state index contributed by atoms with van der Waals surface area (Å²) < 4.78 is 5.45. The molecule has 2 heteroatoms. The molecule has 0 aliphatic carbocycles. The average Bonchev–Trinajstić information content (AvgIpc) is 3.01. The Morgan fingerprint density at radius 2 is 0.512 bits per heavy atom. The first-order valence-electron chi connectivity index (χ1n) is 20.5. The van der Waals surface area contributed by atoms with Crippen LogP contribution in [0.3, 0.4) is 0 Å². The first kappa shape index (κ1) is 42.5. The third kappa shape index (κ3) is 39.4. The monoisotopic (exact) mass is 607 g/mol. The number of esters is 1. The molecule has 258 valence electrons. The van der Waals surface area contributed by atoms with Crippen LogP contribution in [0.1, 0.15) is 251 Å². The zero-order valence-electron chi connectivity index (χ0n) is 30.2. The fourth-order valence-corrected chi connectivity index (χ4v) is 6.43. The second-order valence-corrected chi connectivity index (χ2v) is 14.0. The minimum atomic E-state index is 0.0295. The Labute approximate surface area is 273 Å². The van der Waals surface area contributed by atoms with E-state index in [1.54, 1.807) is 0 Å². The summed E-state index contributed by atoms with van der Waals surface area (Å²) in [6, 6.07) is 0. The third-order valence-corrected chi connectivity index (χ3v) is 9.50. The van der Waals surface area contributed by atoms with E-state index in [0.29, 0.717) is 13.0 Å². The fraction of sp³-hybridized carbons (Fsp3) is 0.976. The van der Waals surface area contributed by atoms with E-state index in [1.807, 2.05) is 0 Å². The standard InChI is InChI=1S/C41H82O2/c1-3-5-7-9-11-13-15-17-18-19-20-21-22-23-24-25-26-27-28-29-31-33-35-37-39-41(42)43-40-38-36-34-32-30-16-14-12-10-8-6-4-2/h3-40H2,1-2H3. The average molecular weight is 607 g/mol. The smallest absolute Gasteiger partial charge is 0.305 e. The first-order chi connectivity index (χ1) is 21.3. The van der Waals surface area contributed by atoms with Gasteiger partial charge in [-0.25, -0.2) is 0 Å². The van der Waals surface area contributed by atoms with Crippen molar-refractivity contribution >= 4 is 5.97 Å². The van der Waals surface area contributed by atoms with Crippen LogP contribution in [0.5, 0.6) is 0 Å². The summed E-state index contributed by atoms with van der Waals surface area (Å²) in [5.41, 5.74) is 0. The normalized spacial score (nSPS) is 11.4. The summed E-state index contributed by atoms with van der Waals surface area (Å²) in [5.74, 6) is 0.0295. The Balaban J connectivity index is 3.13. The predicted molar refractivity (Wildman–Crippen MR) is 193 cm³/mol. The Hall–Kier alpha value is -0.530. The van der Waals surface area contributed by atoms with Gasteiger partial charge in [0.15, 0.2) is 0 Å². The molecule has 43 heavy (non-hydrogen) atoms. The third-order valence-electron chi connectivity index (χ3n) is 9.50. The van der Waals surface area contributed by atoms with Gasteiger partial charge in [-0.1, -0.05) is 232 Å². The predicted octanol–water partition coefficient (Wildman–Crippen LogP) is 15.0. The maximum atomic E-state index is 11.9. The molecule has 0 aromatic carbocycles. The van der Waals surface area contributed by atoms with Gasteiger partial charge < -0.3 is 4.74 Å². The number of unbranched alkanes of at least 4 members (excludes halogenated alkanes) is 34. The van der Waals surface area contributed by atoms with Crippen LogP contribution in [0.25, 0.3) is 0 Å². The van der Waals surface area contributed by atoms with Gasteiger partial charge in [0.2, 0.25) is 0 Å². The van der Waals surface area contributed by atoms with Gasteiger partial charge in [-0.2, -0.15) is 0 Å². The molecule has 0 N–H and O–H groups in total. The number of rotatable bonds is 38. The summed E-state index contributed by atoms with van der Waals surface area (Å²) in [7, 11) is 0. The van der Waals surface area contributed by atoms with Crippen LogP contribution in [0.2, 0.25) is 0 Å². The minimum absolute atomic E-state index is 0.0295. The van der Waals surface area contributed by atoms with Gasteiger partial charge in [-0.15, -0.1) is 0 Å². The molecule has 0 heterocycles. The molecule has 0 aromatic rings. The van der Waals surface area contributed by atoms with Gasteiger partial charge in [0, 0.05) is 6.42 Å². The van der Waals surface area contributed by atoms with Crippen molar-refractivity contribution in [2.24, 2.45) is 0 Å². The fourth-order valence-electron chi connectivity index (χ4n) is 6.43. The molecule has 0 saturated carbocycles. The van der Waals surface area contributed by atoms with Crippen LogP contribution in [-0.4, -0.2) is 12.6 Å². The van der Waals surface area contributed by atoms with E-state index in [-0.39, 0.29) is 5.97 Å². The van der Waals surface area contributed by atoms with Crippen molar-refractivity contribution in [3.8, 4) is 0 Å². The van der Waals surface area contributed by atoms with Crippen molar-refractivity contribution in [2.45, 2.75) is 251 Å². The highest BCUT2D eigenvalue weighted by molar-refractivity contribution is 5.69. The number of carbonyl (C=O) groups is 1. The number of hydrogen-bond donors (Lipinski definition) is 0. The Kier molecular flexibility index (Phi) is 39.0. The number of carbonyl (C=O) groups excluding carboxylic acids is 1. The van der Waals surface area contributed by atoms with Crippen LogP contribution in [0.15, 0.2) is 0 Å². The lowest BCUT2D eigenvalue weighted by atomic mass is 10.0. The molecule has 0 aliphatic rings. The molecular weight excluding hydrogens is 524 g/mol. The summed E-state index contributed by atoms with van der Waals surface area (Å²) in [6.07, 6.45) is 50.5. The Morgan fingerprint density at radius 3 is 0.767 bits per heavy atom. The molecule has 0 saturated heterocycles. The van der Waals surface area contributed by atoms with Crippen molar-refractivity contribution in [3.63, 3.8) is 0 Å². The summed E-state index contributed by atoms with van der Waals surface area (Å²) >= 11 is 0. The van der Waals surface area contributed by atoms with Gasteiger partial charge in [-0.05, 0) is 12.8 Å². The lowest BCUT2D eigenvalue weighted by Crippen LogP contribution is -2.05. The van der Waals surface area contributed by atoms with E-state index in [9.17, 15) is 4.79 Å². The summed E-state index contributed by atoms with van der Waals surface area (Å²) in [5, 5.41) is 0. The SMILES string of the molecule is CCCCCCCCCCCCCCCCCCCCCCCCCCC(=O)OCCCCCCCCCCCCCC. The molecule has 2 nitrogen and oxygen atoms in total. The van der Waals surface area contributed by atoms with Crippen molar-refractivity contribution < 1.29 is 9.53 Å². The van der Waals surface area contributed by atoms with Gasteiger partial charge >= 0.3 is 5.97 Å². The Morgan fingerprint density at radius 1 is 0.302 bits per heavy atom. The molecule has 0 radical (unpaired) electrons. The van der Waals surface area contributed by atoms with Gasteiger partial charge in [0.05, 0.1) is 6.61 Å². The molecule has 0 amide bonds. The van der Waals surface area contributed by atoms with Crippen LogP contribution >= 0.6 is 0 Å². The van der Waals surface area contributed by atoms with Gasteiger partial charge in [0.25, 0.3) is 0 Å². The van der Waals surface area contributed by atoms with E-state index in [0.717, 1.165) is 12.8 Å². The van der Waals surface area contributed by atoms with Crippen LogP contribution in [0, 0.1) is 0 Å². The van der Waals surface area contributed by atoms with Gasteiger partial charge in [-0.3, -0.25) is 4.79 Å². The number of hydrogen-bond acceptors (Lipinski definition) is 2. The van der Waals surface area contributed by atoms with E-state index < -0.39 is 0 Å². The lowest BCUT2D eigenvalue weighted by molar-refractivity contribution is -0.143. The molecule has 0 bridgehead atoms. The molecule has 0 rings (SSSR count). The van der Waals surface area contributed by atoms with Crippen LogP contribution < -0.4 is 0 Å². The second-order valence-electron chi connectivity index (χ2n) is 14.0. The lowest BCUT2D eigenvalue weighted by Gasteiger charge is -2.06. The highest BCUT2D eigenvalue weighted by Crippen LogP contribution is 2.16. The maximum absolute atomic E-state index is 11.9. The van der Waals surface area contributed by atoms with E-state index in [2.05, 4.69) is 13.8 Å². The highest BCUT2D eigenvalue weighted by Gasteiger charge is 2.03. The van der Waals surface area contributed by atoms with Crippen LogP contribution in [0.4, 0.5) is 0 Å². The Bertz CT molecular complexity index is 502. The molecule has 0 atom stereocenters. The highest BCUT2D eigenvalue weighted by atomic mass is 16.5. The van der Waals surface area contributed by atoms with Crippen LogP contribution in [-0.2, 0) is 9.53 Å².